The lowest BCUT2D eigenvalue weighted by Crippen LogP contribution is -2.08. The molecule has 0 heterocycles. The summed E-state index contributed by atoms with van der Waals surface area (Å²) in [7, 11) is -3.52. The molecule has 1 unspecified atom stereocenters. The van der Waals surface area contributed by atoms with Crippen molar-refractivity contribution in [2.75, 3.05) is 6.35 Å². The maximum Gasteiger partial charge on any atom is 0.353 e. The van der Waals surface area contributed by atoms with Crippen LogP contribution in [0.3, 0.4) is 0 Å². The van der Waals surface area contributed by atoms with Crippen molar-refractivity contribution in [1.29, 1.82) is 0 Å². The zero-order chi connectivity index (χ0) is 9.78. The molecule has 0 aliphatic carbocycles. The molecule has 0 spiro atoms. The fraction of sp³-hybridized carbons (Fsp3) is 1.00. The minimum atomic E-state index is -3.52. The van der Waals surface area contributed by atoms with Crippen LogP contribution in [0, 0.1) is 0 Å². The van der Waals surface area contributed by atoms with Crippen molar-refractivity contribution in [1.82, 2.24) is 0 Å². The van der Waals surface area contributed by atoms with E-state index in [9.17, 15) is 4.57 Å². The lowest BCUT2D eigenvalue weighted by atomic mass is 10.5. The summed E-state index contributed by atoms with van der Waals surface area (Å²) in [5.74, 6) is 0. The molecule has 1 atom stereocenters. The first-order chi connectivity index (χ1) is 5.33. The topological polar surface area (TPSA) is 55.8 Å². The van der Waals surface area contributed by atoms with Gasteiger partial charge in [0, 0.05) is 0 Å². The third kappa shape index (κ3) is 6.80. The van der Waals surface area contributed by atoms with Crippen molar-refractivity contribution >= 4 is 7.60 Å². The van der Waals surface area contributed by atoms with Gasteiger partial charge < -0.3 is 14.2 Å². The van der Waals surface area contributed by atoms with Gasteiger partial charge in [-0.15, -0.1) is 0 Å². The van der Waals surface area contributed by atoms with Gasteiger partial charge >= 0.3 is 7.60 Å². The van der Waals surface area contributed by atoms with Crippen molar-refractivity contribution in [2.45, 2.75) is 39.9 Å². The lowest BCUT2D eigenvalue weighted by Gasteiger charge is -2.16. The van der Waals surface area contributed by atoms with Gasteiger partial charge in [-0.25, -0.2) is 0 Å². The minimum absolute atomic E-state index is 0.0544. The smallest absolute Gasteiger partial charge is 0.353 e. The van der Waals surface area contributed by atoms with Crippen molar-refractivity contribution in [3.63, 3.8) is 0 Å². The standard InChI is InChI=1S/C7H17O4P/c1-6(2)10-5-12(8,9)11-7(3)4/h6-7H,5H2,1-4H3,(H,8,9). The number of hydrogen-bond acceptors (Lipinski definition) is 3. The Morgan fingerprint density at radius 2 is 1.75 bits per heavy atom. The van der Waals surface area contributed by atoms with Gasteiger partial charge in [-0.1, -0.05) is 0 Å². The van der Waals surface area contributed by atoms with Crippen LogP contribution in [-0.4, -0.2) is 23.4 Å². The van der Waals surface area contributed by atoms with Gasteiger partial charge in [-0.3, -0.25) is 4.57 Å². The van der Waals surface area contributed by atoms with Crippen LogP contribution in [-0.2, 0) is 13.8 Å². The Morgan fingerprint density at radius 3 is 2.08 bits per heavy atom. The van der Waals surface area contributed by atoms with Crippen molar-refractivity contribution < 1.29 is 18.7 Å². The van der Waals surface area contributed by atoms with Crippen molar-refractivity contribution in [2.24, 2.45) is 0 Å². The molecule has 0 fully saturated rings. The van der Waals surface area contributed by atoms with E-state index in [1.165, 1.54) is 0 Å². The molecule has 0 aromatic carbocycles. The van der Waals surface area contributed by atoms with Crippen LogP contribution in [0.25, 0.3) is 0 Å². The maximum atomic E-state index is 11.1. The highest BCUT2D eigenvalue weighted by molar-refractivity contribution is 7.52. The molecule has 74 valence electrons. The monoisotopic (exact) mass is 196 g/mol. The van der Waals surface area contributed by atoms with E-state index in [1.807, 2.05) is 0 Å². The molecule has 0 aliphatic heterocycles. The van der Waals surface area contributed by atoms with E-state index in [0.717, 1.165) is 0 Å². The van der Waals surface area contributed by atoms with E-state index in [0.29, 0.717) is 0 Å². The van der Waals surface area contributed by atoms with Crippen LogP contribution in [0.5, 0.6) is 0 Å². The molecule has 0 aromatic rings. The molecule has 4 nitrogen and oxygen atoms in total. The van der Waals surface area contributed by atoms with Crippen LogP contribution in [0.2, 0.25) is 0 Å². The fourth-order valence-electron chi connectivity index (χ4n) is 0.603. The summed E-state index contributed by atoms with van der Waals surface area (Å²) in [4.78, 5) is 9.14. The van der Waals surface area contributed by atoms with Gasteiger partial charge in [0.15, 0.2) is 0 Å². The molecule has 1 N–H and O–H groups in total. The van der Waals surface area contributed by atoms with E-state index in [-0.39, 0.29) is 18.6 Å². The summed E-state index contributed by atoms with van der Waals surface area (Å²) >= 11 is 0. The molecule has 5 heteroatoms. The van der Waals surface area contributed by atoms with Gasteiger partial charge in [0.2, 0.25) is 0 Å². The van der Waals surface area contributed by atoms with E-state index in [2.05, 4.69) is 0 Å². The highest BCUT2D eigenvalue weighted by atomic mass is 31.2. The maximum absolute atomic E-state index is 11.1. The average Bonchev–Trinajstić information content (AvgIpc) is 1.81. The summed E-state index contributed by atoms with van der Waals surface area (Å²) < 4.78 is 20.9. The third-order valence-electron chi connectivity index (χ3n) is 0.947. The van der Waals surface area contributed by atoms with E-state index >= 15 is 0 Å². The van der Waals surface area contributed by atoms with Crippen LogP contribution in [0.1, 0.15) is 27.7 Å². The second-order valence-corrected chi connectivity index (χ2v) is 4.88. The van der Waals surface area contributed by atoms with Gasteiger partial charge in [0.25, 0.3) is 0 Å². The van der Waals surface area contributed by atoms with Gasteiger partial charge in [-0.05, 0) is 27.7 Å². The van der Waals surface area contributed by atoms with Crippen molar-refractivity contribution in [3.8, 4) is 0 Å². The number of ether oxygens (including phenoxy) is 1. The molecule has 0 bridgehead atoms. The number of rotatable bonds is 5. The van der Waals surface area contributed by atoms with Crippen LogP contribution < -0.4 is 0 Å². The molecular weight excluding hydrogens is 179 g/mol. The summed E-state index contributed by atoms with van der Waals surface area (Å²) in [6.45, 7) is 7.02. The first kappa shape index (κ1) is 12.1. The van der Waals surface area contributed by atoms with E-state index in [1.54, 1.807) is 27.7 Å². The number of hydrogen-bond donors (Lipinski definition) is 1. The zero-order valence-corrected chi connectivity index (χ0v) is 8.88. The summed E-state index contributed by atoms with van der Waals surface area (Å²) in [6, 6.07) is 0. The Morgan fingerprint density at radius 1 is 1.25 bits per heavy atom. The molecule has 0 aromatic heterocycles. The van der Waals surface area contributed by atoms with Gasteiger partial charge in [-0.2, -0.15) is 0 Å². The van der Waals surface area contributed by atoms with Gasteiger partial charge in [0.05, 0.1) is 12.2 Å². The second kappa shape index (κ2) is 4.97. The Balaban J connectivity index is 3.80. The van der Waals surface area contributed by atoms with Crippen LogP contribution in [0.4, 0.5) is 0 Å². The van der Waals surface area contributed by atoms with E-state index < -0.39 is 7.60 Å². The summed E-state index contributed by atoms with van der Waals surface area (Å²) in [5, 5.41) is 0. The first-order valence-electron chi connectivity index (χ1n) is 3.95. The quantitative estimate of drug-likeness (QED) is 0.683. The molecule has 0 rings (SSSR count). The molecule has 0 radical (unpaired) electrons. The lowest BCUT2D eigenvalue weighted by molar-refractivity contribution is 0.0892. The SMILES string of the molecule is CC(C)OCP(=O)(O)OC(C)C. The summed E-state index contributed by atoms with van der Waals surface area (Å²) in [6.07, 6.45) is -0.541. The molecule has 12 heavy (non-hydrogen) atoms. The normalized spacial score (nSPS) is 16.9. The predicted octanol–water partition coefficient (Wildman–Crippen LogP) is 1.98. The molecule has 0 amide bonds. The largest absolute Gasteiger partial charge is 0.366 e. The molecule has 0 saturated carbocycles. The Kier molecular flexibility index (Phi) is 5.02. The Bertz CT molecular complexity index is 167. The Labute approximate surface area is 73.4 Å². The highest BCUT2D eigenvalue weighted by Crippen LogP contribution is 2.43. The predicted molar refractivity (Wildman–Crippen MR) is 47.1 cm³/mol. The average molecular weight is 196 g/mol. The molecule has 0 aliphatic rings. The zero-order valence-electron chi connectivity index (χ0n) is 7.98. The second-order valence-electron chi connectivity index (χ2n) is 3.14. The minimum Gasteiger partial charge on any atom is -0.366 e. The summed E-state index contributed by atoms with van der Waals surface area (Å²) in [5.41, 5.74) is 0. The third-order valence-corrected chi connectivity index (χ3v) is 2.17. The van der Waals surface area contributed by atoms with Gasteiger partial charge in [0.1, 0.15) is 6.35 Å². The molecular formula is C7H17O4P. The molecule has 0 saturated heterocycles. The Hall–Kier alpha value is 0.110. The van der Waals surface area contributed by atoms with Crippen LogP contribution in [0.15, 0.2) is 0 Å². The fourth-order valence-corrected chi connectivity index (χ4v) is 1.81. The van der Waals surface area contributed by atoms with E-state index in [4.69, 9.17) is 14.2 Å². The van der Waals surface area contributed by atoms with Crippen molar-refractivity contribution in [3.05, 3.63) is 0 Å². The first-order valence-corrected chi connectivity index (χ1v) is 5.71. The van der Waals surface area contributed by atoms with Crippen LogP contribution >= 0.6 is 7.60 Å². The highest BCUT2D eigenvalue weighted by Gasteiger charge is 2.21.